The van der Waals surface area contributed by atoms with Crippen LogP contribution >= 0.6 is 15.9 Å². The largest absolute Gasteiger partial charge is 0.485 e. The van der Waals surface area contributed by atoms with E-state index >= 15 is 0 Å². The fraction of sp³-hybridized carbons (Fsp3) is 0.500. The molecule has 7 nitrogen and oxygen atoms in total. The summed E-state index contributed by atoms with van der Waals surface area (Å²) in [6.07, 6.45) is -0.987. The zero-order valence-corrected chi connectivity index (χ0v) is 14.0. The van der Waals surface area contributed by atoms with E-state index in [-0.39, 0.29) is 35.1 Å². The number of nitrogens with zero attached hydrogens (tertiary/aromatic N) is 1. The second-order valence-electron chi connectivity index (χ2n) is 4.36. The van der Waals surface area contributed by atoms with E-state index in [1.54, 1.807) is 0 Å². The lowest BCUT2D eigenvalue weighted by atomic mass is 10.1. The van der Waals surface area contributed by atoms with Crippen molar-refractivity contribution >= 4 is 31.5 Å². The number of aliphatic hydroxyl groups is 1. The molecule has 0 amide bonds. The van der Waals surface area contributed by atoms with Crippen molar-refractivity contribution in [1.82, 2.24) is 0 Å². The van der Waals surface area contributed by atoms with E-state index in [2.05, 4.69) is 15.9 Å². The molecular weight excluding hydrogens is 366 g/mol. The Morgan fingerprint density at radius 3 is 2.57 bits per heavy atom. The summed E-state index contributed by atoms with van der Waals surface area (Å²) in [6.45, 7) is 2.75. The first kappa shape index (κ1) is 17.9. The highest BCUT2D eigenvalue weighted by atomic mass is 79.9. The van der Waals surface area contributed by atoms with Gasteiger partial charge in [-0.2, -0.15) is 0 Å². The van der Waals surface area contributed by atoms with Crippen molar-refractivity contribution in [2.45, 2.75) is 20.0 Å². The summed E-state index contributed by atoms with van der Waals surface area (Å²) in [5, 5.41) is 20.8. The molecule has 0 heterocycles. The Morgan fingerprint density at radius 2 is 2.10 bits per heavy atom. The summed E-state index contributed by atoms with van der Waals surface area (Å²) >= 11 is 3.13. The molecule has 1 N–H and O–H groups in total. The molecule has 0 aliphatic carbocycles. The van der Waals surface area contributed by atoms with Gasteiger partial charge in [-0.3, -0.25) is 10.1 Å². The maximum absolute atomic E-state index is 11.4. The topological polar surface area (TPSA) is 107 Å². The van der Waals surface area contributed by atoms with Gasteiger partial charge in [0.05, 0.1) is 16.8 Å². The predicted octanol–water partition coefficient (Wildman–Crippen LogP) is 2.22. The molecule has 0 aliphatic heterocycles. The summed E-state index contributed by atoms with van der Waals surface area (Å²) in [4.78, 5) is 10.4. The van der Waals surface area contributed by atoms with Gasteiger partial charge in [0.25, 0.3) is 0 Å². The first-order chi connectivity index (χ1) is 9.68. The Hall–Kier alpha value is -1.19. The first-order valence-electron chi connectivity index (χ1n) is 6.17. The van der Waals surface area contributed by atoms with Crippen molar-refractivity contribution in [2.75, 3.05) is 18.1 Å². The van der Waals surface area contributed by atoms with Gasteiger partial charge in [-0.1, -0.05) is 22.9 Å². The third kappa shape index (κ3) is 4.94. The van der Waals surface area contributed by atoms with Gasteiger partial charge in [0, 0.05) is 21.9 Å². The Morgan fingerprint density at radius 1 is 1.48 bits per heavy atom. The highest BCUT2D eigenvalue weighted by Gasteiger charge is 2.23. The van der Waals surface area contributed by atoms with Crippen molar-refractivity contribution in [3.63, 3.8) is 0 Å². The van der Waals surface area contributed by atoms with Crippen LogP contribution in [0, 0.1) is 10.1 Å². The molecule has 0 bridgehead atoms. The van der Waals surface area contributed by atoms with Crippen molar-refractivity contribution in [3.8, 4) is 5.75 Å². The van der Waals surface area contributed by atoms with Crippen molar-refractivity contribution < 1.29 is 23.2 Å². The van der Waals surface area contributed by atoms with E-state index in [9.17, 15) is 23.6 Å². The highest BCUT2D eigenvalue weighted by molar-refractivity contribution is 9.10. The second kappa shape index (κ2) is 7.19. The average Bonchev–Trinajstić information content (AvgIpc) is 2.39. The number of sulfone groups is 1. The van der Waals surface area contributed by atoms with E-state index in [1.807, 2.05) is 0 Å². The van der Waals surface area contributed by atoms with Gasteiger partial charge >= 0.3 is 5.69 Å². The quantitative estimate of drug-likeness (QED) is 0.573. The molecule has 0 saturated heterocycles. The molecule has 1 aromatic rings. The van der Waals surface area contributed by atoms with Gasteiger partial charge < -0.3 is 9.84 Å². The minimum atomic E-state index is -3.23. The summed E-state index contributed by atoms with van der Waals surface area (Å²) in [5.41, 5.74) is -0.0980. The smallest absolute Gasteiger partial charge is 0.312 e. The first-order valence-corrected chi connectivity index (χ1v) is 8.78. The van der Waals surface area contributed by atoms with Crippen molar-refractivity contribution in [1.29, 1.82) is 0 Å². The van der Waals surface area contributed by atoms with Crippen LogP contribution in [0.1, 0.15) is 25.5 Å². The maximum Gasteiger partial charge on any atom is 0.312 e. The maximum atomic E-state index is 11.4. The summed E-state index contributed by atoms with van der Waals surface area (Å²) in [5.74, 6) is -0.373. The van der Waals surface area contributed by atoms with Crippen LogP contribution in [0.25, 0.3) is 0 Å². The normalized spacial score (nSPS) is 13.0. The molecule has 0 fully saturated rings. The van der Waals surface area contributed by atoms with E-state index in [0.717, 1.165) is 0 Å². The number of hydrogen-bond acceptors (Lipinski definition) is 6. The van der Waals surface area contributed by atoms with E-state index in [4.69, 9.17) is 4.74 Å². The highest BCUT2D eigenvalue weighted by Crippen LogP contribution is 2.37. The second-order valence-corrected chi connectivity index (χ2v) is 7.75. The van der Waals surface area contributed by atoms with E-state index in [0.29, 0.717) is 4.47 Å². The number of halogens is 1. The monoisotopic (exact) mass is 381 g/mol. The summed E-state index contributed by atoms with van der Waals surface area (Å²) in [6, 6.07) is 2.75. The molecule has 1 rings (SSSR count). The molecule has 0 aromatic heterocycles. The fourth-order valence-corrected chi connectivity index (χ4v) is 2.71. The third-order valence-corrected chi connectivity index (χ3v) is 4.92. The number of nitro groups is 1. The van der Waals surface area contributed by atoms with E-state index < -0.39 is 20.9 Å². The van der Waals surface area contributed by atoms with Crippen molar-refractivity contribution in [3.05, 3.63) is 32.3 Å². The molecule has 21 heavy (non-hydrogen) atoms. The van der Waals surface area contributed by atoms with Crippen LogP contribution in [0.2, 0.25) is 0 Å². The van der Waals surface area contributed by atoms with Gasteiger partial charge in [-0.25, -0.2) is 8.42 Å². The van der Waals surface area contributed by atoms with Crippen LogP contribution in [0.5, 0.6) is 5.75 Å². The standard InChI is InChI=1S/C12H16BrNO6S/c1-3-21(18,19)5-4-20-12-10(8(2)15)6-9(13)7-11(12)14(16)17/h6-8,15H,3-5H2,1-2H3/t8-/m0/s1. The van der Waals surface area contributed by atoms with E-state index in [1.165, 1.54) is 26.0 Å². The molecular formula is C12H16BrNO6S. The Kier molecular flexibility index (Phi) is 6.11. The molecule has 0 radical (unpaired) electrons. The van der Waals surface area contributed by atoms with Crippen LogP contribution in [0.3, 0.4) is 0 Å². The molecule has 9 heteroatoms. The molecule has 118 valence electrons. The minimum Gasteiger partial charge on any atom is -0.485 e. The third-order valence-electron chi connectivity index (χ3n) is 2.79. The fourth-order valence-electron chi connectivity index (χ4n) is 1.62. The van der Waals surface area contributed by atoms with Crippen LogP contribution in [-0.4, -0.2) is 36.6 Å². The molecule has 1 atom stereocenters. The summed E-state index contributed by atoms with van der Waals surface area (Å²) in [7, 11) is -3.23. The van der Waals surface area contributed by atoms with Crippen LogP contribution in [0.4, 0.5) is 5.69 Å². The van der Waals surface area contributed by atoms with Gasteiger partial charge in [0.15, 0.2) is 9.84 Å². The number of aliphatic hydroxyl groups excluding tert-OH is 1. The van der Waals surface area contributed by atoms with Crippen molar-refractivity contribution in [2.24, 2.45) is 0 Å². The number of rotatable bonds is 7. The molecule has 1 aromatic carbocycles. The lowest BCUT2D eigenvalue weighted by molar-refractivity contribution is -0.386. The molecule has 0 saturated carbocycles. The van der Waals surface area contributed by atoms with Crippen LogP contribution in [-0.2, 0) is 9.84 Å². The molecule has 0 aliphatic rings. The number of benzene rings is 1. The minimum absolute atomic E-state index is 0.0257. The number of ether oxygens (including phenoxy) is 1. The number of nitro benzene ring substituents is 1. The SMILES string of the molecule is CCS(=O)(=O)CCOc1c([C@H](C)O)cc(Br)cc1[N+](=O)[O-]. The summed E-state index contributed by atoms with van der Waals surface area (Å²) < 4.78 is 28.5. The van der Waals surface area contributed by atoms with Crippen LogP contribution < -0.4 is 4.74 Å². The lowest BCUT2D eigenvalue weighted by Gasteiger charge is -2.14. The van der Waals surface area contributed by atoms with Gasteiger partial charge in [0.1, 0.15) is 6.61 Å². The van der Waals surface area contributed by atoms with Gasteiger partial charge in [-0.05, 0) is 13.0 Å². The Bertz CT molecular complexity index is 629. The van der Waals surface area contributed by atoms with Gasteiger partial charge in [-0.15, -0.1) is 0 Å². The Labute approximate surface area is 131 Å². The Balaban J connectivity index is 3.11. The zero-order valence-electron chi connectivity index (χ0n) is 11.6. The lowest BCUT2D eigenvalue weighted by Crippen LogP contribution is -2.16. The zero-order chi connectivity index (χ0) is 16.2. The number of hydrogen-bond donors (Lipinski definition) is 1. The van der Waals surface area contributed by atoms with Gasteiger partial charge in [0.2, 0.25) is 5.75 Å². The predicted molar refractivity (Wildman–Crippen MR) is 81.3 cm³/mol. The average molecular weight is 382 g/mol. The molecule has 0 unspecified atom stereocenters. The van der Waals surface area contributed by atoms with Crippen LogP contribution in [0.15, 0.2) is 16.6 Å². The molecule has 0 spiro atoms.